The molecule has 6 heteroatoms. The van der Waals surface area contributed by atoms with Crippen LogP contribution in [-0.4, -0.2) is 23.4 Å². The molecule has 21 heavy (non-hydrogen) atoms. The van der Waals surface area contributed by atoms with E-state index in [1.54, 1.807) is 18.0 Å². The van der Waals surface area contributed by atoms with E-state index in [4.69, 9.17) is 4.74 Å². The largest absolute Gasteiger partial charge is 0.493 e. The van der Waals surface area contributed by atoms with Crippen molar-refractivity contribution in [3.8, 4) is 5.75 Å². The summed E-state index contributed by atoms with van der Waals surface area (Å²) < 4.78 is 33.7. The van der Waals surface area contributed by atoms with Crippen molar-refractivity contribution in [2.24, 2.45) is 7.05 Å². The van der Waals surface area contributed by atoms with Crippen LogP contribution in [0.5, 0.6) is 5.75 Å². The number of aryl methyl sites for hydroxylation is 1. The maximum atomic E-state index is 13.3. The second-order valence-corrected chi connectivity index (χ2v) is 4.81. The van der Waals surface area contributed by atoms with Crippen molar-refractivity contribution in [2.45, 2.75) is 19.4 Å². The fourth-order valence-electron chi connectivity index (χ4n) is 2.46. The van der Waals surface area contributed by atoms with E-state index in [9.17, 15) is 8.78 Å². The first-order chi connectivity index (χ1) is 10.0. The van der Waals surface area contributed by atoms with Gasteiger partial charge in [0.1, 0.15) is 11.6 Å². The highest BCUT2D eigenvalue weighted by molar-refractivity contribution is 5.30. The Balaban J connectivity index is 2.32. The molecule has 0 saturated carbocycles. The summed E-state index contributed by atoms with van der Waals surface area (Å²) in [5.74, 6) is -0.491. The molecule has 1 heterocycles. The number of rotatable bonds is 6. The van der Waals surface area contributed by atoms with Gasteiger partial charge in [-0.15, -0.1) is 0 Å². The third-order valence-electron chi connectivity index (χ3n) is 3.31. The molecule has 0 aliphatic rings. The maximum Gasteiger partial charge on any atom is 0.161 e. The van der Waals surface area contributed by atoms with Gasteiger partial charge in [-0.2, -0.15) is 5.10 Å². The van der Waals surface area contributed by atoms with Crippen molar-refractivity contribution in [3.05, 3.63) is 47.3 Å². The molecule has 2 rings (SSSR count). The van der Waals surface area contributed by atoms with E-state index in [2.05, 4.69) is 10.4 Å². The van der Waals surface area contributed by atoms with Crippen LogP contribution < -0.4 is 10.1 Å². The van der Waals surface area contributed by atoms with Gasteiger partial charge >= 0.3 is 0 Å². The number of likely N-dealkylation sites (N-methyl/N-ethyl adjacent to an activating group) is 1. The first-order valence-corrected chi connectivity index (χ1v) is 6.79. The lowest BCUT2D eigenvalue weighted by Crippen LogP contribution is -2.25. The number of aromatic nitrogens is 2. The van der Waals surface area contributed by atoms with Crippen LogP contribution in [0.3, 0.4) is 0 Å². The fraction of sp³-hybridized carbons (Fsp3) is 0.400. The summed E-state index contributed by atoms with van der Waals surface area (Å²) in [7, 11) is 3.39. The highest BCUT2D eigenvalue weighted by atomic mass is 19.1. The Morgan fingerprint density at radius 2 is 1.95 bits per heavy atom. The summed E-state index contributed by atoms with van der Waals surface area (Å²) in [6.45, 7) is 2.69. The fourth-order valence-corrected chi connectivity index (χ4v) is 2.46. The molecule has 0 aliphatic carbocycles. The number of nitrogens with zero attached hydrogens (tertiary/aromatic N) is 2. The molecule has 0 radical (unpaired) electrons. The standard InChI is InChI=1S/C15H19F2N3O/c1-4-18-13(15-14(21-3)9-19-20(15)2)7-10-5-11(16)8-12(17)6-10/h5-6,8-9,13,18H,4,7H2,1-3H3. The van der Waals surface area contributed by atoms with Crippen LogP contribution in [0.25, 0.3) is 0 Å². The Kier molecular flexibility index (Phi) is 4.90. The first-order valence-electron chi connectivity index (χ1n) is 6.79. The molecule has 0 saturated heterocycles. The number of methoxy groups -OCH3 is 1. The molecular formula is C15H19F2N3O. The molecule has 0 bridgehead atoms. The Morgan fingerprint density at radius 3 is 2.52 bits per heavy atom. The van der Waals surface area contributed by atoms with Gasteiger partial charge in [0.2, 0.25) is 0 Å². The minimum atomic E-state index is -0.572. The molecule has 114 valence electrons. The van der Waals surface area contributed by atoms with Gasteiger partial charge in [-0.05, 0) is 30.7 Å². The Labute approximate surface area is 122 Å². The minimum Gasteiger partial charge on any atom is -0.493 e. The van der Waals surface area contributed by atoms with Gasteiger partial charge in [-0.3, -0.25) is 4.68 Å². The van der Waals surface area contributed by atoms with Gasteiger partial charge in [0.15, 0.2) is 5.75 Å². The van der Waals surface area contributed by atoms with Crippen LogP contribution in [0.15, 0.2) is 24.4 Å². The number of benzene rings is 1. The highest BCUT2D eigenvalue weighted by Gasteiger charge is 2.20. The zero-order valence-electron chi connectivity index (χ0n) is 12.4. The summed E-state index contributed by atoms with van der Waals surface area (Å²) in [6, 6.07) is 3.42. The number of hydrogen-bond donors (Lipinski definition) is 1. The second kappa shape index (κ2) is 6.67. The lowest BCUT2D eigenvalue weighted by atomic mass is 10.0. The minimum absolute atomic E-state index is 0.140. The number of ether oxygens (including phenoxy) is 1. The van der Waals surface area contributed by atoms with Gasteiger partial charge in [-0.25, -0.2) is 8.78 Å². The van der Waals surface area contributed by atoms with Crippen molar-refractivity contribution < 1.29 is 13.5 Å². The lowest BCUT2D eigenvalue weighted by Gasteiger charge is -2.19. The zero-order valence-corrected chi connectivity index (χ0v) is 12.4. The van der Waals surface area contributed by atoms with Crippen molar-refractivity contribution in [3.63, 3.8) is 0 Å². The topological polar surface area (TPSA) is 39.1 Å². The number of hydrogen-bond acceptors (Lipinski definition) is 3. The van der Waals surface area contributed by atoms with Gasteiger partial charge in [0.25, 0.3) is 0 Å². The predicted octanol–water partition coefficient (Wildman–Crippen LogP) is 2.60. The Bertz CT molecular complexity index is 593. The van der Waals surface area contributed by atoms with Crippen LogP contribution >= 0.6 is 0 Å². The van der Waals surface area contributed by atoms with Gasteiger partial charge in [0.05, 0.1) is 25.0 Å². The summed E-state index contributed by atoms with van der Waals surface area (Å²) >= 11 is 0. The summed E-state index contributed by atoms with van der Waals surface area (Å²) in [4.78, 5) is 0. The molecule has 1 unspecified atom stereocenters. The van der Waals surface area contributed by atoms with Crippen molar-refractivity contribution >= 4 is 0 Å². The normalized spacial score (nSPS) is 12.4. The molecule has 0 aliphatic heterocycles. The smallest absolute Gasteiger partial charge is 0.161 e. The lowest BCUT2D eigenvalue weighted by molar-refractivity contribution is 0.394. The highest BCUT2D eigenvalue weighted by Crippen LogP contribution is 2.27. The van der Waals surface area contributed by atoms with Crippen molar-refractivity contribution in [1.82, 2.24) is 15.1 Å². The molecule has 1 aromatic heterocycles. The summed E-state index contributed by atoms with van der Waals surface area (Å²) in [5, 5.41) is 7.47. The zero-order chi connectivity index (χ0) is 15.4. The SMILES string of the molecule is CCNC(Cc1cc(F)cc(F)c1)c1c(OC)cnn1C. The van der Waals surface area contributed by atoms with Gasteiger partial charge in [0, 0.05) is 13.1 Å². The number of nitrogens with one attached hydrogen (secondary N) is 1. The summed E-state index contributed by atoms with van der Waals surface area (Å²) in [5.41, 5.74) is 1.44. The van der Waals surface area contributed by atoms with E-state index in [1.807, 2.05) is 14.0 Å². The predicted molar refractivity (Wildman–Crippen MR) is 76.2 cm³/mol. The number of halogens is 2. The molecule has 1 aromatic carbocycles. The van der Waals surface area contributed by atoms with Gasteiger partial charge in [-0.1, -0.05) is 6.92 Å². The third kappa shape index (κ3) is 3.58. The van der Waals surface area contributed by atoms with Crippen LogP contribution in [0.1, 0.15) is 24.2 Å². The average molecular weight is 295 g/mol. The molecular weight excluding hydrogens is 276 g/mol. The molecule has 4 nitrogen and oxygen atoms in total. The van der Waals surface area contributed by atoms with E-state index < -0.39 is 11.6 Å². The van der Waals surface area contributed by atoms with E-state index >= 15 is 0 Å². The van der Waals surface area contributed by atoms with Crippen LogP contribution in [0.4, 0.5) is 8.78 Å². The Hall–Kier alpha value is -1.95. The molecule has 1 atom stereocenters. The maximum absolute atomic E-state index is 13.3. The third-order valence-corrected chi connectivity index (χ3v) is 3.31. The monoisotopic (exact) mass is 295 g/mol. The van der Waals surface area contributed by atoms with Crippen LogP contribution in [-0.2, 0) is 13.5 Å². The van der Waals surface area contributed by atoms with Crippen LogP contribution in [0, 0.1) is 11.6 Å². The summed E-state index contributed by atoms with van der Waals surface area (Å²) in [6.07, 6.45) is 2.07. The molecule has 0 fully saturated rings. The second-order valence-electron chi connectivity index (χ2n) is 4.81. The molecule has 1 N–H and O–H groups in total. The van der Waals surface area contributed by atoms with Crippen LogP contribution in [0.2, 0.25) is 0 Å². The molecule has 0 amide bonds. The van der Waals surface area contributed by atoms with Crippen molar-refractivity contribution in [2.75, 3.05) is 13.7 Å². The van der Waals surface area contributed by atoms with E-state index in [-0.39, 0.29) is 6.04 Å². The average Bonchev–Trinajstić information content (AvgIpc) is 2.78. The quantitative estimate of drug-likeness (QED) is 0.890. The molecule has 2 aromatic rings. The Morgan fingerprint density at radius 1 is 1.29 bits per heavy atom. The first kappa shape index (κ1) is 15.4. The van der Waals surface area contributed by atoms with E-state index in [0.29, 0.717) is 17.7 Å². The molecule has 0 spiro atoms. The van der Waals surface area contributed by atoms with Gasteiger partial charge < -0.3 is 10.1 Å². The van der Waals surface area contributed by atoms with E-state index in [0.717, 1.165) is 18.3 Å². The van der Waals surface area contributed by atoms with E-state index in [1.165, 1.54) is 12.1 Å². The van der Waals surface area contributed by atoms with Crippen molar-refractivity contribution in [1.29, 1.82) is 0 Å².